The fraction of sp³-hybridized carbons (Fsp3) is 0. The highest BCUT2D eigenvalue weighted by atomic mass is 32.1. The summed E-state index contributed by atoms with van der Waals surface area (Å²) in [4.78, 5) is 27.0. The summed E-state index contributed by atoms with van der Waals surface area (Å²) < 4.78 is 39.7. The van der Waals surface area contributed by atoms with Crippen molar-refractivity contribution in [3.8, 4) is 0 Å². The summed E-state index contributed by atoms with van der Waals surface area (Å²) in [5.74, 6) is -6.59. The van der Waals surface area contributed by atoms with Crippen molar-refractivity contribution in [3.05, 3.63) is 58.9 Å². The molecule has 24 heavy (non-hydrogen) atoms. The SMILES string of the molecule is O=C(O)c1ccc2nc(NC(=O)c3cc(F)c(F)c(F)c3)sc2c1. The van der Waals surface area contributed by atoms with E-state index < -0.39 is 34.9 Å². The van der Waals surface area contributed by atoms with Gasteiger partial charge in [-0.15, -0.1) is 0 Å². The van der Waals surface area contributed by atoms with Crippen LogP contribution in [0.1, 0.15) is 20.7 Å². The molecular formula is C15H7F3N2O3S. The number of carboxylic acids is 1. The summed E-state index contributed by atoms with van der Waals surface area (Å²) in [6.45, 7) is 0. The van der Waals surface area contributed by atoms with Crippen molar-refractivity contribution in [2.75, 3.05) is 5.32 Å². The maximum atomic E-state index is 13.2. The van der Waals surface area contributed by atoms with Gasteiger partial charge in [0.2, 0.25) is 0 Å². The van der Waals surface area contributed by atoms with Gasteiger partial charge < -0.3 is 5.11 Å². The molecular weight excluding hydrogens is 345 g/mol. The summed E-state index contributed by atoms with van der Waals surface area (Å²) >= 11 is 0.995. The maximum Gasteiger partial charge on any atom is 0.335 e. The number of amides is 1. The number of fused-ring (bicyclic) bond motifs is 1. The van der Waals surface area contributed by atoms with E-state index in [1.807, 2.05) is 0 Å². The van der Waals surface area contributed by atoms with Gasteiger partial charge in [0.15, 0.2) is 22.6 Å². The van der Waals surface area contributed by atoms with Gasteiger partial charge in [0, 0.05) is 5.56 Å². The molecule has 0 saturated carbocycles. The van der Waals surface area contributed by atoms with E-state index in [0.717, 1.165) is 11.3 Å². The number of hydrogen-bond donors (Lipinski definition) is 2. The minimum atomic E-state index is -1.66. The average Bonchev–Trinajstić information content (AvgIpc) is 2.93. The molecule has 0 atom stereocenters. The van der Waals surface area contributed by atoms with E-state index in [2.05, 4.69) is 10.3 Å². The predicted octanol–water partition coefficient (Wildman–Crippen LogP) is 3.66. The van der Waals surface area contributed by atoms with E-state index >= 15 is 0 Å². The molecule has 5 nitrogen and oxygen atoms in total. The maximum absolute atomic E-state index is 13.2. The molecule has 122 valence electrons. The zero-order chi connectivity index (χ0) is 17.4. The van der Waals surface area contributed by atoms with Crippen molar-refractivity contribution < 1.29 is 27.9 Å². The monoisotopic (exact) mass is 352 g/mol. The normalized spacial score (nSPS) is 10.8. The lowest BCUT2D eigenvalue weighted by Gasteiger charge is -2.03. The molecule has 1 amide bonds. The second-order valence-electron chi connectivity index (χ2n) is 4.71. The van der Waals surface area contributed by atoms with E-state index in [4.69, 9.17) is 5.11 Å². The first-order valence-corrected chi connectivity index (χ1v) is 7.26. The van der Waals surface area contributed by atoms with Gasteiger partial charge in [0.1, 0.15) is 0 Å². The fourth-order valence-electron chi connectivity index (χ4n) is 1.97. The molecule has 0 fully saturated rings. The number of nitrogens with zero attached hydrogens (tertiary/aromatic N) is 1. The molecule has 0 aliphatic heterocycles. The van der Waals surface area contributed by atoms with Gasteiger partial charge in [-0.05, 0) is 30.3 Å². The Hall–Kier alpha value is -2.94. The first kappa shape index (κ1) is 15.9. The van der Waals surface area contributed by atoms with Crippen LogP contribution in [-0.2, 0) is 0 Å². The number of carbonyl (C=O) groups excluding carboxylic acids is 1. The van der Waals surface area contributed by atoms with Crippen LogP contribution in [0.25, 0.3) is 10.2 Å². The Labute approximate surface area is 136 Å². The van der Waals surface area contributed by atoms with Crippen LogP contribution in [0.5, 0.6) is 0 Å². The fourth-order valence-corrected chi connectivity index (χ4v) is 2.87. The number of halogens is 3. The van der Waals surface area contributed by atoms with E-state index in [0.29, 0.717) is 22.3 Å². The third kappa shape index (κ3) is 2.93. The van der Waals surface area contributed by atoms with Crippen molar-refractivity contribution in [1.82, 2.24) is 4.98 Å². The zero-order valence-electron chi connectivity index (χ0n) is 11.6. The Morgan fingerprint density at radius 2 is 1.71 bits per heavy atom. The number of nitrogens with one attached hydrogen (secondary N) is 1. The van der Waals surface area contributed by atoms with Crippen LogP contribution in [0, 0.1) is 17.5 Å². The third-order valence-corrected chi connectivity index (χ3v) is 4.04. The van der Waals surface area contributed by atoms with Crippen LogP contribution in [0.3, 0.4) is 0 Å². The Morgan fingerprint density at radius 3 is 2.33 bits per heavy atom. The molecule has 0 spiro atoms. The molecule has 0 aliphatic rings. The topological polar surface area (TPSA) is 79.3 Å². The minimum absolute atomic E-state index is 0.0618. The molecule has 0 bridgehead atoms. The lowest BCUT2D eigenvalue weighted by molar-refractivity contribution is 0.0697. The number of hydrogen-bond acceptors (Lipinski definition) is 4. The molecule has 0 saturated heterocycles. The summed E-state index contributed by atoms with van der Waals surface area (Å²) in [6.07, 6.45) is 0. The molecule has 0 radical (unpaired) electrons. The molecule has 0 unspecified atom stereocenters. The molecule has 1 aromatic heterocycles. The van der Waals surface area contributed by atoms with E-state index in [9.17, 15) is 22.8 Å². The van der Waals surface area contributed by atoms with Gasteiger partial charge >= 0.3 is 5.97 Å². The average molecular weight is 352 g/mol. The second kappa shape index (κ2) is 5.93. The summed E-state index contributed by atoms with van der Waals surface area (Å²) in [7, 11) is 0. The molecule has 2 N–H and O–H groups in total. The van der Waals surface area contributed by atoms with Crippen LogP contribution < -0.4 is 5.32 Å². The number of carboxylic acid groups (broad SMARTS) is 1. The number of aromatic nitrogens is 1. The summed E-state index contributed by atoms with van der Waals surface area (Å²) in [5.41, 5.74) is 0.111. The predicted molar refractivity (Wildman–Crippen MR) is 80.8 cm³/mol. The first-order chi connectivity index (χ1) is 11.3. The minimum Gasteiger partial charge on any atom is -0.478 e. The number of rotatable bonds is 3. The number of thiazole rings is 1. The van der Waals surface area contributed by atoms with Crippen LogP contribution in [0.4, 0.5) is 18.3 Å². The van der Waals surface area contributed by atoms with Gasteiger partial charge in [-0.3, -0.25) is 10.1 Å². The Balaban J connectivity index is 1.89. The zero-order valence-corrected chi connectivity index (χ0v) is 12.5. The van der Waals surface area contributed by atoms with Gasteiger partial charge in [0.25, 0.3) is 5.91 Å². The highest BCUT2D eigenvalue weighted by Crippen LogP contribution is 2.27. The summed E-state index contributed by atoms with van der Waals surface area (Å²) in [5, 5.41) is 11.4. The van der Waals surface area contributed by atoms with Crippen LogP contribution >= 0.6 is 11.3 Å². The molecule has 1 heterocycles. The van der Waals surface area contributed by atoms with E-state index in [1.165, 1.54) is 18.2 Å². The summed E-state index contributed by atoms with van der Waals surface area (Å²) in [6, 6.07) is 5.37. The van der Waals surface area contributed by atoms with Crippen LogP contribution in [0.2, 0.25) is 0 Å². The molecule has 3 rings (SSSR count). The van der Waals surface area contributed by atoms with E-state index in [-0.39, 0.29) is 10.7 Å². The van der Waals surface area contributed by atoms with Crippen LogP contribution in [0.15, 0.2) is 30.3 Å². The molecule has 9 heteroatoms. The number of aromatic carboxylic acids is 1. The molecule has 0 aliphatic carbocycles. The first-order valence-electron chi connectivity index (χ1n) is 6.45. The highest BCUT2D eigenvalue weighted by Gasteiger charge is 2.16. The van der Waals surface area contributed by atoms with E-state index in [1.54, 1.807) is 0 Å². The quantitative estimate of drug-likeness (QED) is 0.705. The van der Waals surface area contributed by atoms with Crippen molar-refractivity contribution in [2.45, 2.75) is 0 Å². The Kier molecular flexibility index (Phi) is 3.94. The standard InChI is InChI=1S/C15H7F3N2O3S/c16-8-3-7(4-9(17)12(8)18)13(21)20-15-19-10-2-1-6(14(22)23)5-11(10)24-15/h1-5H,(H,22,23)(H,19,20,21). The van der Waals surface area contributed by atoms with Crippen molar-refractivity contribution in [2.24, 2.45) is 0 Å². The Bertz CT molecular complexity index is 964. The smallest absolute Gasteiger partial charge is 0.335 e. The lowest BCUT2D eigenvalue weighted by Crippen LogP contribution is -2.13. The van der Waals surface area contributed by atoms with Gasteiger partial charge in [-0.1, -0.05) is 11.3 Å². The molecule has 3 aromatic rings. The van der Waals surface area contributed by atoms with Gasteiger partial charge in [-0.25, -0.2) is 22.9 Å². The van der Waals surface area contributed by atoms with Gasteiger partial charge in [-0.2, -0.15) is 0 Å². The van der Waals surface area contributed by atoms with Crippen molar-refractivity contribution >= 4 is 38.6 Å². The van der Waals surface area contributed by atoms with Crippen LogP contribution in [-0.4, -0.2) is 22.0 Å². The van der Waals surface area contributed by atoms with Gasteiger partial charge in [0.05, 0.1) is 15.8 Å². The number of benzene rings is 2. The number of carbonyl (C=O) groups is 2. The largest absolute Gasteiger partial charge is 0.478 e. The Morgan fingerprint density at radius 1 is 1.04 bits per heavy atom. The number of anilines is 1. The highest BCUT2D eigenvalue weighted by molar-refractivity contribution is 7.22. The van der Waals surface area contributed by atoms with Crippen molar-refractivity contribution in [3.63, 3.8) is 0 Å². The van der Waals surface area contributed by atoms with Crippen molar-refractivity contribution in [1.29, 1.82) is 0 Å². The second-order valence-corrected chi connectivity index (χ2v) is 5.75. The third-order valence-electron chi connectivity index (χ3n) is 3.10. The molecule has 2 aromatic carbocycles. The lowest BCUT2D eigenvalue weighted by atomic mass is 10.2.